The van der Waals surface area contributed by atoms with Crippen molar-refractivity contribution in [2.75, 3.05) is 33.0 Å². The summed E-state index contributed by atoms with van der Waals surface area (Å²) in [7, 11) is -9.89. The Labute approximate surface area is 284 Å². The van der Waals surface area contributed by atoms with E-state index in [9.17, 15) is 35.2 Å². The maximum absolute atomic E-state index is 12.6. The number of aromatic carboxylic acids is 1. The Balaban J connectivity index is 2.01. The lowest BCUT2D eigenvalue weighted by Gasteiger charge is -2.22. The van der Waals surface area contributed by atoms with Gasteiger partial charge in [0.15, 0.2) is 23.0 Å². The van der Waals surface area contributed by atoms with Gasteiger partial charge in [-0.3, -0.25) is 0 Å². The predicted octanol–water partition coefficient (Wildman–Crippen LogP) is 4.64. The molecular formula is C32H32O14S3. The predicted molar refractivity (Wildman–Crippen MR) is 179 cm³/mol. The molecule has 0 aromatic heterocycles. The van der Waals surface area contributed by atoms with Crippen LogP contribution in [0.4, 0.5) is 0 Å². The van der Waals surface area contributed by atoms with Crippen molar-refractivity contribution >= 4 is 36.3 Å². The second kappa shape index (κ2) is 14.2. The summed E-state index contributed by atoms with van der Waals surface area (Å²) in [5.41, 5.74) is 1.46. The lowest BCUT2D eigenvalue weighted by Crippen LogP contribution is -2.12. The fraction of sp³-hybridized carbons (Fsp3) is 0.219. The van der Waals surface area contributed by atoms with Crippen LogP contribution < -0.4 is 26.8 Å². The zero-order valence-corrected chi connectivity index (χ0v) is 29.5. The molecule has 0 bridgehead atoms. The van der Waals surface area contributed by atoms with Gasteiger partial charge in [-0.05, 0) is 53.9 Å². The molecule has 0 fully saturated rings. The highest BCUT2D eigenvalue weighted by atomic mass is 32.2. The summed E-state index contributed by atoms with van der Waals surface area (Å²) in [6.07, 6.45) is 2.41. The minimum atomic E-state index is -4.30. The van der Waals surface area contributed by atoms with Crippen LogP contribution in [0.5, 0.6) is 34.5 Å². The lowest BCUT2D eigenvalue weighted by atomic mass is 9.95. The van der Waals surface area contributed by atoms with Crippen LogP contribution in [0, 0.1) is 6.92 Å². The summed E-state index contributed by atoms with van der Waals surface area (Å²) >= 11 is 0. The van der Waals surface area contributed by atoms with Crippen molar-refractivity contribution in [3.8, 4) is 56.8 Å². The van der Waals surface area contributed by atoms with Crippen LogP contribution in [0.25, 0.3) is 22.3 Å². The average molecular weight is 737 g/mol. The zero-order chi connectivity index (χ0) is 36.3. The maximum Gasteiger partial charge on any atom is 0.339 e. The number of rotatable bonds is 14. The van der Waals surface area contributed by atoms with Crippen molar-refractivity contribution in [3.05, 3.63) is 83.4 Å². The molecule has 0 aliphatic carbocycles. The smallest absolute Gasteiger partial charge is 0.339 e. The number of methoxy groups -OCH3 is 2. The molecular weight excluding hydrogens is 705 g/mol. The monoisotopic (exact) mass is 736 g/mol. The van der Waals surface area contributed by atoms with Gasteiger partial charge in [-0.2, -0.15) is 25.3 Å². The molecule has 0 unspecified atom stereocenters. The van der Waals surface area contributed by atoms with E-state index < -0.39 is 59.1 Å². The molecule has 49 heavy (non-hydrogen) atoms. The molecule has 4 aromatic rings. The largest absolute Gasteiger partial charge is 0.496 e. The van der Waals surface area contributed by atoms with Crippen LogP contribution in [0.2, 0.25) is 0 Å². The lowest BCUT2D eigenvalue weighted by molar-refractivity contribution is 0.0691. The van der Waals surface area contributed by atoms with Gasteiger partial charge in [0.25, 0.3) is 0 Å². The van der Waals surface area contributed by atoms with E-state index in [1.165, 1.54) is 44.6 Å². The minimum Gasteiger partial charge on any atom is -0.496 e. The molecule has 4 rings (SSSR count). The first kappa shape index (κ1) is 36.8. The van der Waals surface area contributed by atoms with Crippen molar-refractivity contribution in [2.24, 2.45) is 0 Å². The van der Waals surface area contributed by atoms with Gasteiger partial charge in [0, 0.05) is 5.56 Å². The number of carboxylic acids is 1. The van der Waals surface area contributed by atoms with E-state index in [-0.39, 0.29) is 40.5 Å². The van der Waals surface area contributed by atoms with E-state index in [1.54, 1.807) is 12.1 Å². The van der Waals surface area contributed by atoms with Gasteiger partial charge in [0.2, 0.25) is 0 Å². The Bertz CT molecular complexity index is 2210. The third-order valence-corrected chi connectivity index (χ3v) is 8.04. The molecule has 0 heterocycles. The summed E-state index contributed by atoms with van der Waals surface area (Å²) in [6, 6.07) is 16.5. The second-order valence-electron chi connectivity index (χ2n) is 10.7. The number of hydrogen-bond acceptors (Lipinski definition) is 13. The third-order valence-electron chi connectivity index (χ3n) is 6.59. The number of benzene rings is 4. The van der Waals surface area contributed by atoms with Gasteiger partial charge < -0.3 is 31.9 Å². The molecule has 0 amide bonds. The first-order valence-corrected chi connectivity index (χ1v) is 19.4. The second-order valence-corrected chi connectivity index (χ2v) is 15.4. The fourth-order valence-electron chi connectivity index (χ4n) is 4.68. The molecule has 17 heteroatoms. The number of ether oxygens (including phenoxy) is 3. The summed E-state index contributed by atoms with van der Waals surface area (Å²) in [5, 5.41) is 10.2. The summed E-state index contributed by atoms with van der Waals surface area (Å²) in [5.74, 6) is -3.09. The van der Waals surface area contributed by atoms with Gasteiger partial charge in [-0.15, -0.1) is 0 Å². The Morgan fingerprint density at radius 3 is 1.76 bits per heavy atom. The van der Waals surface area contributed by atoms with Crippen LogP contribution in [0.15, 0.2) is 66.7 Å². The summed E-state index contributed by atoms with van der Waals surface area (Å²) < 4.78 is 106. The molecule has 0 radical (unpaired) electrons. The van der Waals surface area contributed by atoms with Gasteiger partial charge in [0.1, 0.15) is 23.7 Å². The molecule has 14 nitrogen and oxygen atoms in total. The highest BCUT2D eigenvalue weighted by molar-refractivity contribution is 7.86. The molecule has 0 aliphatic rings. The molecule has 0 aliphatic heterocycles. The van der Waals surface area contributed by atoms with Gasteiger partial charge >= 0.3 is 36.3 Å². The van der Waals surface area contributed by atoms with Crippen LogP contribution >= 0.6 is 0 Å². The Hall–Kier alpha value is -5.00. The number of carboxylic acid groups (broad SMARTS) is 1. The van der Waals surface area contributed by atoms with E-state index in [4.69, 9.17) is 26.8 Å². The number of carbonyl (C=O) groups is 1. The van der Waals surface area contributed by atoms with Crippen LogP contribution in [-0.2, 0) is 37.0 Å². The van der Waals surface area contributed by atoms with E-state index in [2.05, 4.69) is 0 Å². The Morgan fingerprint density at radius 1 is 0.653 bits per heavy atom. The molecule has 262 valence electrons. The van der Waals surface area contributed by atoms with Crippen molar-refractivity contribution in [2.45, 2.75) is 13.5 Å². The van der Waals surface area contributed by atoms with Crippen LogP contribution in [0.1, 0.15) is 21.5 Å². The van der Waals surface area contributed by atoms with Crippen molar-refractivity contribution in [1.82, 2.24) is 0 Å². The van der Waals surface area contributed by atoms with Gasteiger partial charge in [-0.25, -0.2) is 4.79 Å². The third kappa shape index (κ3) is 9.55. The highest BCUT2D eigenvalue weighted by Crippen LogP contribution is 2.52. The van der Waals surface area contributed by atoms with E-state index in [0.29, 0.717) is 11.1 Å². The summed E-state index contributed by atoms with van der Waals surface area (Å²) in [6.45, 7) is 1.73. The highest BCUT2D eigenvalue weighted by Gasteiger charge is 2.30. The molecule has 0 saturated carbocycles. The van der Waals surface area contributed by atoms with E-state index in [1.807, 2.05) is 19.1 Å². The fourth-order valence-corrected chi connectivity index (χ4v) is 6.06. The first-order chi connectivity index (χ1) is 22.8. The van der Waals surface area contributed by atoms with Crippen LogP contribution in [0.3, 0.4) is 0 Å². The number of aryl methyl sites for hydroxylation is 1. The quantitative estimate of drug-likeness (QED) is 0.176. The Kier molecular flexibility index (Phi) is 10.7. The number of hydrogen-bond donors (Lipinski definition) is 1. The zero-order valence-electron chi connectivity index (χ0n) is 27.0. The van der Waals surface area contributed by atoms with Crippen molar-refractivity contribution in [3.63, 3.8) is 0 Å². The van der Waals surface area contributed by atoms with Crippen molar-refractivity contribution in [1.29, 1.82) is 0 Å². The molecule has 1 N–H and O–H groups in total. The van der Waals surface area contributed by atoms with Crippen LogP contribution in [-0.4, -0.2) is 69.3 Å². The molecule has 0 saturated heterocycles. The molecule has 4 aromatic carbocycles. The van der Waals surface area contributed by atoms with Crippen molar-refractivity contribution < 1.29 is 61.9 Å². The Morgan fingerprint density at radius 2 is 1.24 bits per heavy atom. The maximum atomic E-state index is 12.6. The SMILES string of the molecule is COc1cc(-c2ccc(OS(C)(=O)=O)cc2)c(OC)c(OS(C)(=O)=O)c1-c1cc(OS(C)(=O)=O)c(OCc2ccc(C)cc2)c(C(=O)O)c1. The molecule has 0 spiro atoms. The summed E-state index contributed by atoms with van der Waals surface area (Å²) in [4.78, 5) is 12.6. The minimum absolute atomic E-state index is 0.00528. The average Bonchev–Trinajstić information content (AvgIpc) is 2.98. The van der Waals surface area contributed by atoms with E-state index >= 15 is 0 Å². The van der Waals surface area contributed by atoms with Gasteiger partial charge in [0.05, 0.1) is 38.6 Å². The molecule has 0 atom stereocenters. The van der Waals surface area contributed by atoms with E-state index in [0.717, 1.165) is 36.5 Å². The van der Waals surface area contributed by atoms with Gasteiger partial charge in [-0.1, -0.05) is 42.0 Å². The first-order valence-electron chi connectivity index (χ1n) is 14.0. The normalized spacial score (nSPS) is 11.8. The topological polar surface area (TPSA) is 195 Å². The standard InChI is InChI=1S/C32H32O14S3/c1-19-7-9-20(10-8-19)18-43-29-25(32(33)34)15-22(16-27(29)45-48(5,37)38)28-26(41-2)17-24(30(42-3)31(28)46-49(6,39)40)21-11-13-23(14-12-21)44-47(4,35)36/h7-17H,18H2,1-6H3,(H,33,34).